The van der Waals surface area contributed by atoms with Crippen LogP contribution in [0.3, 0.4) is 0 Å². The number of fused-ring (bicyclic) bond motifs is 1. The fourth-order valence-electron chi connectivity index (χ4n) is 4.08. The maximum Gasteiger partial charge on any atom is 0.285 e. The number of carbonyl (C=O) groups excluding carboxylic acids is 1. The van der Waals surface area contributed by atoms with E-state index in [0.29, 0.717) is 39.5 Å². The molecule has 12 heteroatoms. The van der Waals surface area contributed by atoms with Gasteiger partial charge in [-0.2, -0.15) is 14.9 Å². The van der Waals surface area contributed by atoms with Crippen molar-refractivity contribution in [3.05, 3.63) is 82.2 Å². The number of benzene rings is 1. The van der Waals surface area contributed by atoms with Crippen LogP contribution in [0.2, 0.25) is 0 Å². The van der Waals surface area contributed by atoms with Crippen molar-refractivity contribution in [3.63, 3.8) is 0 Å². The quantitative estimate of drug-likeness (QED) is 0.326. The predicted octanol–water partition coefficient (Wildman–Crippen LogP) is 3.67. The van der Waals surface area contributed by atoms with E-state index in [4.69, 9.17) is 5.73 Å². The highest BCUT2D eigenvalue weighted by Gasteiger charge is 2.20. The average Bonchev–Trinajstić information content (AvgIpc) is 3.29. The minimum atomic E-state index is -0.611. The van der Waals surface area contributed by atoms with Gasteiger partial charge in [0.2, 0.25) is 0 Å². The van der Waals surface area contributed by atoms with E-state index in [1.54, 1.807) is 36.5 Å². The summed E-state index contributed by atoms with van der Waals surface area (Å²) in [5.74, 6) is -0.0468. The Hall–Kier alpha value is -5.00. The number of aryl methyl sites for hydroxylation is 2. The van der Waals surface area contributed by atoms with Crippen LogP contribution in [0.15, 0.2) is 59.8 Å². The molecule has 4 heterocycles. The fraction of sp³-hybridized carbons (Fsp3) is 0.222. The molecule has 0 atom stereocenters. The van der Waals surface area contributed by atoms with Crippen LogP contribution in [-0.2, 0) is 6.54 Å². The molecule has 0 aliphatic carbocycles. The van der Waals surface area contributed by atoms with Crippen molar-refractivity contribution in [2.75, 3.05) is 17.7 Å². The van der Waals surface area contributed by atoms with E-state index in [1.807, 2.05) is 26.8 Å². The Morgan fingerprint density at radius 1 is 1.08 bits per heavy atom. The molecule has 0 unspecified atom stereocenters. The van der Waals surface area contributed by atoms with Gasteiger partial charge in [-0.25, -0.2) is 24.0 Å². The number of alkyl halides is 1. The van der Waals surface area contributed by atoms with E-state index < -0.39 is 18.1 Å². The number of nitrogens with one attached hydrogen (secondary N) is 1. The van der Waals surface area contributed by atoms with Gasteiger partial charge in [0.15, 0.2) is 11.5 Å². The molecule has 198 valence electrons. The molecule has 0 aliphatic rings. The monoisotopic (exact) mass is 527 g/mol. The Morgan fingerprint density at radius 2 is 1.85 bits per heavy atom. The van der Waals surface area contributed by atoms with Crippen LogP contribution in [0.5, 0.6) is 0 Å². The van der Waals surface area contributed by atoms with E-state index >= 15 is 0 Å². The number of carbonyl (C=O) groups is 1. The first-order valence-electron chi connectivity index (χ1n) is 12.3. The number of anilines is 2. The topological polar surface area (TPSA) is 146 Å². The zero-order valence-corrected chi connectivity index (χ0v) is 21.6. The van der Waals surface area contributed by atoms with Crippen molar-refractivity contribution in [3.8, 4) is 17.1 Å². The summed E-state index contributed by atoms with van der Waals surface area (Å²) in [6.07, 6.45) is 2.94. The van der Waals surface area contributed by atoms with Gasteiger partial charge in [-0.05, 0) is 42.7 Å². The number of halogens is 1. The molecule has 0 radical (unpaired) electrons. The standard InChI is InChI=1S/C27H26FN9O2/c1-15(2)20-12-19(27(39)37(34-20)21-9-4-16(3)13-30-21)26(38)33-18-7-5-17(6-8-18)23-22-24(29)31-14-32-25(22)36(35-23)11-10-28/h4-9,12-15H,10-11H2,1-3H3,(H,33,38)(H2,29,31,32). The molecule has 39 heavy (non-hydrogen) atoms. The van der Waals surface area contributed by atoms with Crippen molar-refractivity contribution in [2.24, 2.45) is 0 Å². The van der Waals surface area contributed by atoms with Gasteiger partial charge in [-0.3, -0.25) is 9.59 Å². The smallest absolute Gasteiger partial charge is 0.285 e. The number of rotatable bonds is 7. The van der Waals surface area contributed by atoms with E-state index in [0.717, 1.165) is 10.2 Å². The van der Waals surface area contributed by atoms with Gasteiger partial charge < -0.3 is 11.1 Å². The van der Waals surface area contributed by atoms with Crippen molar-refractivity contribution in [1.82, 2.24) is 34.5 Å². The molecule has 0 aliphatic heterocycles. The minimum Gasteiger partial charge on any atom is -0.383 e. The number of pyridine rings is 1. The maximum absolute atomic E-state index is 13.3. The Bertz CT molecular complexity index is 1730. The Balaban J connectivity index is 1.47. The molecule has 0 bridgehead atoms. The Labute approximate surface area is 222 Å². The van der Waals surface area contributed by atoms with Gasteiger partial charge in [-0.15, -0.1) is 0 Å². The largest absolute Gasteiger partial charge is 0.383 e. The van der Waals surface area contributed by atoms with Gasteiger partial charge in [-0.1, -0.05) is 32.0 Å². The SMILES string of the molecule is Cc1ccc(-n2nc(C(C)C)cc(C(=O)Nc3ccc(-c4nn(CCF)c5ncnc(N)c45)cc3)c2=O)nc1. The molecule has 3 N–H and O–H groups in total. The summed E-state index contributed by atoms with van der Waals surface area (Å²) in [6, 6.07) is 11.9. The van der Waals surface area contributed by atoms with Crippen LogP contribution in [0.25, 0.3) is 28.1 Å². The zero-order valence-electron chi connectivity index (χ0n) is 21.6. The summed E-state index contributed by atoms with van der Waals surface area (Å²) in [6.45, 7) is 5.16. The van der Waals surface area contributed by atoms with Gasteiger partial charge in [0.05, 0.1) is 17.6 Å². The summed E-state index contributed by atoms with van der Waals surface area (Å²) in [5.41, 5.74) is 9.03. The highest BCUT2D eigenvalue weighted by Crippen LogP contribution is 2.30. The normalized spacial score (nSPS) is 11.3. The molecule has 5 aromatic rings. The molecule has 4 aromatic heterocycles. The summed E-state index contributed by atoms with van der Waals surface area (Å²) >= 11 is 0. The third-order valence-corrected chi connectivity index (χ3v) is 6.15. The van der Waals surface area contributed by atoms with Crippen LogP contribution >= 0.6 is 0 Å². The first-order valence-corrected chi connectivity index (χ1v) is 12.3. The first-order chi connectivity index (χ1) is 18.8. The van der Waals surface area contributed by atoms with Crippen LogP contribution in [-0.4, -0.2) is 47.1 Å². The first kappa shape index (κ1) is 25.6. The average molecular weight is 528 g/mol. The molecule has 1 aromatic carbocycles. The molecule has 5 rings (SSSR count). The van der Waals surface area contributed by atoms with E-state index in [2.05, 4.69) is 30.5 Å². The summed E-state index contributed by atoms with van der Waals surface area (Å²) in [7, 11) is 0. The van der Waals surface area contributed by atoms with Crippen LogP contribution in [0, 0.1) is 6.92 Å². The lowest BCUT2D eigenvalue weighted by Gasteiger charge is -2.12. The van der Waals surface area contributed by atoms with Crippen molar-refractivity contribution in [1.29, 1.82) is 0 Å². The number of nitrogens with two attached hydrogens (primary N) is 1. The molecule has 1 amide bonds. The van der Waals surface area contributed by atoms with Gasteiger partial charge >= 0.3 is 0 Å². The fourth-order valence-corrected chi connectivity index (χ4v) is 4.08. The molecule has 11 nitrogen and oxygen atoms in total. The molecule has 0 saturated carbocycles. The third kappa shape index (κ3) is 4.96. The maximum atomic E-state index is 13.3. The van der Waals surface area contributed by atoms with E-state index in [1.165, 1.54) is 17.1 Å². The highest BCUT2D eigenvalue weighted by molar-refractivity contribution is 6.04. The van der Waals surface area contributed by atoms with Crippen molar-refractivity contribution >= 4 is 28.4 Å². The van der Waals surface area contributed by atoms with Gasteiger partial charge in [0, 0.05) is 17.4 Å². The summed E-state index contributed by atoms with van der Waals surface area (Å²) in [5, 5.41) is 12.2. The van der Waals surface area contributed by atoms with Crippen LogP contribution < -0.4 is 16.6 Å². The van der Waals surface area contributed by atoms with Gasteiger partial charge in [0.1, 0.15) is 30.1 Å². The summed E-state index contributed by atoms with van der Waals surface area (Å²) < 4.78 is 15.7. The number of nitrogen functional groups attached to an aromatic ring is 1. The number of aromatic nitrogens is 7. The lowest BCUT2D eigenvalue weighted by atomic mass is 10.1. The third-order valence-electron chi connectivity index (χ3n) is 6.15. The lowest BCUT2D eigenvalue weighted by molar-refractivity contribution is 0.102. The number of hydrogen-bond acceptors (Lipinski definition) is 8. The zero-order chi connectivity index (χ0) is 27.7. The Kier molecular flexibility index (Phi) is 6.84. The number of hydrogen-bond donors (Lipinski definition) is 2. The minimum absolute atomic E-state index is 0.0288. The van der Waals surface area contributed by atoms with E-state index in [9.17, 15) is 14.0 Å². The molecule has 0 spiro atoms. The second-order valence-corrected chi connectivity index (χ2v) is 9.30. The molecule has 0 saturated heterocycles. The van der Waals surface area contributed by atoms with E-state index in [-0.39, 0.29) is 23.8 Å². The second kappa shape index (κ2) is 10.4. The van der Waals surface area contributed by atoms with Crippen molar-refractivity contribution in [2.45, 2.75) is 33.2 Å². The lowest BCUT2D eigenvalue weighted by Crippen LogP contribution is -2.31. The number of amides is 1. The van der Waals surface area contributed by atoms with Crippen LogP contribution in [0.1, 0.15) is 41.4 Å². The second-order valence-electron chi connectivity index (χ2n) is 9.30. The van der Waals surface area contributed by atoms with Gasteiger partial charge in [0.25, 0.3) is 11.5 Å². The van der Waals surface area contributed by atoms with Crippen LogP contribution in [0.4, 0.5) is 15.9 Å². The predicted molar refractivity (Wildman–Crippen MR) is 146 cm³/mol. The summed E-state index contributed by atoms with van der Waals surface area (Å²) in [4.78, 5) is 39.0. The highest BCUT2D eigenvalue weighted by atomic mass is 19.1. The van der Waals surface area contributed by atoms with Crippen molar-refractivity contribution < 1.29 is 9.18 Å². The molecular formula is C27H26FN9O2. The molecular weight excluding hydrogens is 501 g/mol. The molecule has 0 fully saturated rings. The Morgan fingerprint density at radius 3 is 2.51 bits per heavy atom. The number of nitrogens with zero attached hydrogens (tertiary/aromatic N) is 7.